The van der Waals surface area contributed by atoms with Crippen LogP contribution >= 0.6 is 0 Å². The summed E-state index contributed by atoms with van der Waals surface area (Å²) in [6, 6.07) is 13.4. The average Bonchev–Trinajstić information content (AvgIpc) is 2.80. The lowest BCUT2D eigenvalue weighted by Crippen LogP contribution is -2.40. The lowest BCUT2D eigenvalue weighted by atomic mass is 10.2. The molecule has 3 aromatic rings. The molecule has 1 aliphatic rings. The molecule has 0 saturated carbocycles. The molecule has 0 atom stereocenters. The van der Waals surface area contributed by atoms with E-state index >= 15 is 0 Å². The number of fused-ring (bicyclic) bond motifs is 1. The van der Waals surface area contributed by atoms with Crippen LogP contribution in [0.4, 0.5) is 0 Å². The van der Waals surface area contributed by atoms with Gasteiger partial charge in [-0.25, -0.2) is 8.42 Å². The minimum atomic E-state index is -3.55. The molecule has 4 rings (SSSR count). The highest BCUT2D eigenvalue weighted by atomic mass is 32.2. The van der Waals surface area contributed by atoms with Gasteiger partial charge in [-0.2, -0.15) is 9.40 Å². The third-order valence-corrected chi connectivity index (χ3v) is 6.99. The summed E-state index contributed by atoms with van der Waals surface area (Å²) in [6.07, 6.45) is 1.20. The van der Waals surface area contributed by atoms with E-state index in [2.05, 4.69) is 10.4 Å². The van der Waals surface area contributed by atoms with Crippen molar-refractivity contribution in [2.45, 2.75) is 18.0 Å². The maximum absolute atomic E-state index is 12.7. The van der Waals surface area contributed by atoms with E-state index < -0.39 is 10.0 Å². The summed E-state index contributed by atoms with van der Waals surface area (Å²) in [5.41, 5.74) is 1.16. The fourth-order valence-corrected chi connectivity index (χ4v) is 4.80. The predicted octanol–water partition coefficient (Wildman–Crippen LogP) is 0.734. The number of rotatable bonds is 6. The standard InChI is InChI=1S/C21H22N4O5S/c26-20-14-23-25(19-4-2-1-3-18(19)20)15-21(27)22-13-16-5-7-17(8-6-16)31(28,29)24-9-11-30-12-10-24/h1-8,14H,9-13,15H2,(H,22,27). The smallest absolute Gasteiger partial charge is 0.243 e. The van der Waals surface area contributed by atoms with Crippen LogP contribution in [0.15, 0.2) is 64.4 Å². The van der Waals surface area contributed by atoms with E-state index in [9.17, 15) is 18.0 Å². The molecule has 1 N–H and O–H groups in total. The molecule has 0 radical (unpaired) electrons. The van der Waals surface area contributed by atoms with Gasteiger partial charge in [0, 0.05) is 25.0 Å². The summed E-state index contributed by atoms with van der Waals surface area (Å²) in [6.45, 7) is 1.67. The summed E-state index contributed by atoms with van der Waals surface area (Å²) in [5.74, 6) is -0.272. The second-order valence-corrected chi connectivity index (χ2v) is 9.06. The average molecular weight is 442 g/mol. The fraction of sp³-hybridized carbons (Fsp3) is 0.286. The van der Waals surface area contributed by atoms with Gasteiger partial charge in [-0.05, 0) is 29.8 Å². The molecule has 0 spiro atoms. The minimum Gasteiger partial charge on any atom is -0.379 e. The van der Waals surface area contributed by atoms with Gasteiger partial charge in [-0.1, -0.05) is 24.3 Å². The van der Waals surface area contributed by atoms with Gasteiger partial charge in [0.05, 0.1) is 29.8 Å². The quantitative estimate of drug-likeness (QED) is 0.603. The van der Waals surface area contributed by atoms with Crippen LogP contribution in [0.3, 0.4) is 0 Å². The van der Waals surface area contributed by atoms with Gasteiger partial charge in [0.25, 0.3) is 0 Å². The van der Waals surface area contributed by atoms with Crippen LogP contribution in [0.25, 0.3) is 10.9 Å². The second-order valence-electron chi connectivity index (χ2n) is 7.12. The number of benzene rings is 2. The Kier molecular flexibility index (Phi) is 6.12. The van der Waals surface area contributed by atoms with Crippen molar-refractivity contribution in [1.82, 2.24) is 19.4 Å². The van der Waals surface area contributed by atoms with E-state index in [0.29, 0.717) is 37.2 Å². The molecule has 1 fully saturated rings. The van der Waals surface area contributed by atoms with E-state index in [1.54, 1.807) is 48.5 Å². The zero-order chi connectivity index (χ0) is 21.8. The van der Waals surface area contributed by atoms with Gasteiger partial charge >= 0.3 is 0 Å². The van der Waals surface area contributed by atoms with Crippen LogP contribution in [0.5, 0.6) is 0 Å². The van der Waals surface area contributed by atoms with Crippen LogP contribution in [0, 0.1) is 0 Å². The highest BCUT2D eigenvalue weighted by Crippen LogP contribution is 2.17. The topological polar surface area (TPSA) is 111 Å². The first-order valence-electron chi connectivity index (χ1n) is 9.83. The zero-order valence-corrected chi connectivity index (χ0v) is 17.5. The normalized spacial score (nSPS) is 15.1. The van der Waals surface area contributed by atoms with Gasteiger partial charge < -0.3 is 10.1 Å². The van der Waals surface area contributed by atoms with Crippen LogP contribution in [-0.2, 0) is 32.6 Å². The molecule has 2 aromatic carbocycles. The summed E-state index contributed by atoms with van der Waals surface area (Å²) >= 11 is 0. The lowest BCUT2D eigenvalue weighted by molar-refractivity contribution is -0.121. The number of aromatic nitrogens is 2. The van der Waals surface area contributed by atoms with Crippen LogP contribution in [0.2, 0.25) is 0 Å². The number of carbonyl (C=O) groups excluding carboxylic acids is 1. The summed E-state index contributed by atoms with van der Waals surface area (Å²) in [7, 11) is -3.55. The fourth-order valence-electron chi connectivity index (χ4n) is 3.39. The number of para-hydroxylation sites is 1. The monoisotopic (exact) mass is 442 g/mol. The van der Waals surface area contributed by atoms with Gasteiger partial charge in [-0.15, -0.1) is 0 Å². The van der Waals surface area contributed by atoms with E-state index in [4.69, 9.17) is 4.74 Å². The number of nitrogens with one attached hydrogen (secondary N) is 1. The minimum absolute atomic E-state index is 0.0374. The van der Waals surface area contributed by atoms with Crippen molar-refractivity contribution in [2.24, 2.45) is 0 Å². The van der Waals surface area contributed by atoms with Crippen LogP contribution in [0.1, 0.15) is 5.56 Å². The van der Waals surface area contributed by atoms with Crippen LogP contribution < -0.4 is 10.7 Å². The van der Waals surface area contributed by atoms with E-state index in [1.165, 1.54) is 15.2 Å². The molecule has 1 aliphatic heterocycles. The number of hydrogen-bond acceptors (Lipinski definition) is 6. The van der Waals surface area contributed by atoms with Gasteiger partial charge in [0.2, 0.25) is 21.4 Å². The second kappa shape index (κ2) is 8.96. The van der Waals surface area contributed by atoms with Gasteiger partial charge in [0.1, 0.15) is 6.54 Å². The molecule has 1 amide bonds. The molecule has 0 bridgehead atoms. The zero-order valence-electron chi connectivity index (χ0n) is 16.7. The Labute approximate surface area is 179 Å². The molecule has 9 nitrogen and oxygen atoms in total. The Morgan fingerprint density at radius 3 is 2.52 bits per heavy atom. The highest BCUT2D eigenvalue weighted by molar-refractivity contribution is 7.89. The molecule has 10 heteroatoms. The van der Waals surface area contributed by atoms with Crippen molar-refractivity contribution in [3.05, 3.63) is 70.5 Å². The van der Waals surface area contributed by atoms with Crippen molar-refractivity contribution in [3.63, 3.8) is 0 Å². The molecule has 162 valence electrons. The lowest BCUT2D eigenvalue weighted by Gasteiger charge is -2.26. The Balaban J connectivity index is 1.39. The van der Waals surface area contributed by atoms with Crippen molar-refractivity contribution >= 4 is 26.8 Å². The predicted molar refractivity (Wildman–Crippen MR) is 114 cm³/mol. The van der Waals surface area contributed by atoms with Crippen molar-refractivity contribution in [1.29, 1.82) is 0 Å². The number of nitrogens with zero attached hydrogens (tertiary/aromatic N) is 3. The van der Waals surface area contributed by atoms with Gasteiger partial charge in [0.15, 0.2) is 0 Å². The Bertz CT molecular complexity index is 1250. The van der Waals surface area contributed by atoms with Gasteiger partial charge in [-0.3, -0.25) is 14.3 Å². The number of morpholine rings is 1. The molecular weight excluding hydrogens is 420 g/mol. The van der Waals surface area contributed by atoms with Crippen LogP contribution in [-0.4, -0.2) is 54.7 Å². The highest BCUT2D eigenvalue weighted by Gasteiger charge is 2.26. The molecule has 1 aromatic heterocycles. The van der Waals surface area contributed by atoms with Crippen molar-refractivity contribution in [2.75, 3.05) is 26.3 Å². The largest absolute Gasteiger partial charge is 0.379 e. The SMILES string of the molecule is O=C(Cn1ncc(=O)c2ccccc21)NCc1ccc(S(=O)(=O)N2CCOCC2)cc1. The first kappa shape index (κ1) is 21.2. The molecule has 2 heterocycles. The molecule has 31 heavy (non-hydrogen) atoms. The maximum atomic E-state index is 12.7. The Hall–Kier alpha value is -3.08. The first-order chi connectivity index (χ1) is 14.9. The number of sulfonamides is 1. The van der Waals surface area contributed by atoms with Crippen molar-refractivity contribution < 1.29 is 17.9 Å². The number of amides is 1. The Morgan fingerprint density at radius 2 is 1.77 bits per heavy atom. The summed E-state index contributed by atoms with van der Waals surface area (Å²) in [5, 5.41) is 7.34. The van der Waals surface area contributed by atoms with E-state index in [0.717, 1.165) is 5.56 Å². The number of carbonyl (C=O) groups is 1. The third kappa shape index (κ3) is 4.66. The molecule has 1 saturated heterocycles. The molecule has 0 aliphatic carbocycles. The molecular formula is C21H22N4O5S. The van der Waals surface area contributed by atoms with E-state index in [-0.39, 0.29) is 29.3 Å². The van der Waals surface area contributed by atoms with E-state index in [1.807, 2.05) is 0 Å². The Morgan fingerprint density at radius 1 is 1.06 bits per heavy atom. The number of hydrogen-bond donors (Lipinski definition) is 1. The summed E-state index contributed by atoms with van der Waals surface area (Å²) < 4.78 is 33.4. The maximum Gasteiger partial charge on any atom is 0.243 e. The van der Waals surface area contributed by atoms with Crippen molar-refractivity contribution in [3.8, 4) is 0 Å². The first-order valence-corrected chi connectivity index (χ1v) is 11.3. The summed E-state index contributed by atoms with van der Waals surface area (Å²) in [4.78, 5) is 24.5. The molecule has 0 unspecified atom stereocenters. The number of ether oxygens (including phenoxy) is 1. The third-order valence-electron chi connectivity index (χ3n) is 5.08.